The third-order valence-electron chi connectivity index (χ3n) is 3.03. The first-order valence-corrected chi connectivity index (χ1v) is 6.25. The molecule has 94 valence electrons. The number of hydrogen-bond acceptors (Lipinski definition) is 2. The molecule has 2 nitrogen and oxygen atoms in total. The average molecular weight is 241 g/mol. The summed E-state index contributed by atoms with van der Waals surface area (Å²) in [5.41, 5.74) is 8.11. The van der Waals surface area contributed by atoms with E-state index in [1.165, 1.54) is 0 Å². The van der Waals surface area contributed by atoms with Crippen LogP contribution in [0.2, 0.25) is 0 Å². The molecule has 0 aliphatic heterocycles. The summed E-state index contributed by atoms with van der Waals surface area (Å²) < 4.78 is 5.94. The number of rotatable bonds is 4. The van der Waals surface area contributed by atoms with Crippen LogP contribution in [0.25, 0.3) is 11.1 Å². The number of benzene rings is 2. The molecule has 0 heterocycles. The molecule has 0 radical (unpaired) electrons. The van der Waals surface area contributed by atoms with Gasteiger partial charge in [-0.25, -0.2) is 0 Å². The Bertz CT molecular complexity index is 493. The summed E-state index contributed by atoms with van der Waals surface area (Å²) in [6, 6.07) is 18.3. The van der Waals surface area contributed by atoms with Crippen LogP contribution in [0.4, 0.5) is 0 Å². The molecule has 2 heteroatoms. The van der Waals surface area contributed by atoms with E-state index in [1.807, 2.05) is 50.2 Å². The van der Waals surface area contributed by atoms with Crippen LogP contribution in [-0.4, -0.2) is 12.1 Å². The van der Waals surface area contributed by atoms with E-state index in [1.54, 1.807) is 0 Å². The first-order valence-electron chi connectivity index (χ1n) is 6.25. The molecule has 2 N–H and O–H groups in total. The quantitative estimate of drug-likeness (QED) is 0.889. The average Bonchev–Trinajstić information content (AvgIpc) is 2.40. The first kappa shape index (κ1) is 12.7. The maximum atomic E-state index is 5.94. The van der Waals surface area contributed by atoms with Crippen molar-refractivity contribution in [2.24, 2.45) is 5.73 Å². The summed E-state index contributed by atoms with van der Waals surface area (Å²) in [6.45, 7) is 3.95. The topological polar surface area (TPSA) is 35.2 Å². The lowest BCUT2D eigenvalue weighted by Crippen LogP contribution is -2.33. The lowest BCUT2D eigenvalue weighted by atomic mass is 10.0. The Kier molecular flexibility index (Phi) is 4.00. The van der Waals surface area contributed by atoms with Crippen molar-refractivity contribution in [3.8, 4) is 16.9 Å². The minimum absolute atomic E-state index is 0.00476. The third kappa shape index (κ3) is 2.90. The molecule has 18 heavy (non-hydrogen) atoms. The zero-order valence-corrected chi connectivity index (χ0v) is 10.8. The van der Waals surface area contributed by atoms with E-state index in [4.69, 9.17) is 10.5 Å². The first-order chi connectivity index (χ1) is 8.68. The predicted molar refractivity (Wildman–Crippen MR) is 75.6 cm³/mol. The van der Waals surface area contributed by atoms with Crippen LogP contribution in [0.15, 0.2) is 54.6 Å². The number of nitrogens with two attached hydrogens (primary N) is 1. The second-order valence-corrected chi connectivity index (χ2v) is 4.54. The molecule has 0 aliphatic rings. The Morgan fingerprint density at radius 1 is 0.889 bits per heavy atom. The van der Waals surface area contributed by atoms with E-state index in [2.05, 4.69) is 18.2 Å². The predicted octanol–water partition coefficient (Wildman–Crippen LogP) is 3.47. The molecule has 0 saturated heterocycles. The van der Waals surface area contributed by atoms with E-state index in [9.17, 15) is 0 Å². The summed E-state index contributed by atoms with van der Waals surface area (Å²) >= 11 is 0. The van der Waals surface area contributed by atoms with Gasteiger partial charge in [-0.2, -0.15) is 0 Å². The lowest BCUT2D eigenvalue weighted by molar-refractivity contribution is 0.197. The molecule has 2 atom stereocenters. The van der Waals surface area contributed by atoms with Gasteiger partial charge in [0, 0.05) is 11.6 Å². The molecule has 0 fully saturated rings. The highest BCUT2D eigenvalue weighted by Crippen LogP contribution is 2.30. The lowest BCUT2D eigenvalue weighted by Gasteiger charge is -2.20. The number of para-hydroxylation sites is 1. The molecule has 2 aromatic carbocycles. The van der Waals surface area contributed by atoms with Gasteiger partial charge in [0.25, 0.3) is 0 Å². The fourth-order valence-corrected chi connectivity index (χ4v) is 1.73. The Balaban J connectivity index is 2.32. The largest absolute Gasteiger partial charge is 0.488 e. The van der Waals surface area contributed by atoms with Gasteiger partial charge in [-0.3, -0.25) is 0 Å². The molecule has 1 unspecified atom stereocenters. The third-order valence-corrected chi connectivity index (χ3v) is 3.03. The van der Waals surface area contributed by atoms with Crippen molar-refractivity contribution >= 4 is 0 Å². The van der Waals surface area contributed by atoms with Crippen LogP contribution in [0.3, 0.4) is 0 Å². The minimum atomic E-state index is -0.00476. The smallest absolute Gasteiger partial charge is 0.127 e. The highest BCUT2D eigenvalue weighted by molar-refractivity contribution is 5.70. The maximum Gasteiger partial charge on any atom is 0.127 e. The van der Waals surface area contributed by atoms with E-state index in [-0.39, 0.29) is 12.1 Å². The maximum absolute atomic E-state index is 5.94. The summed E-state index contributed by atoms with van der Waals surface area (Å²) in [4.78, 5) is 0. The molecule has 0 aliphatic carbocycles. The number of hydrogen-bond donors (Lipinski definition) is 1. The van der Waals surface area contributed by atoms with Crippen LogP contribution in [0.1, 0.15) is 13.8 Å². The molecule has 2 aromatic rings. The molecule has 0 aromatic heterocycles. The normalized spacial score (nSPS) is 13.9. The van der Waals surface area contributed by atoms with Gasteiger partial charge in [-0.05, 0) is 25.5 Å². The molecule has 0 spiro atoms. The van der Waals surface area contributed by atoms with Crippen molar-refractivity contribution in [1.82, 2.24) is 0 Å². The van der Waals surface area contributed by atoms with Crippen molar-refractivity contribution in [1.29, 1.82) is 0 Å². The SMILES string of the molecule is CC(Oc1ccccc1-c1ccccc1)[C@@H](C)N. The zero-order chi connectivity index (χ0) is 13.0. The Morgan fingerprint density at radius 3 is 2.17 bits per heavy atom. The van der Waals surface area contributed by atoms with Gasteiger partial charge in [0.15, 0.2) is 0 Å². The second-order valence-electron chi connectivity index (χ2n) is 4.54. The summed E-state index contributed by atoms with van der Waals surface area (Å²) in [6.07, 6.45) is -0.00476. The monoisotopic (exact) mass is 241 g/mol. The van der Waals surface area contributed by atoms with Crippen LogP contribution in [0.5, 0.6) is 5.75 Å². The van der Waals surface area contributed by atoms with Gasteiger partial charge in [0.1, 0.15) is 11.9 Å². The van der Waals surface area contributed by atoms with Gasteiger partial charge in [0.05, 0.1) is 0 Å². The van der Waals surface area contributed by atoms with Crippen molar-refractivity contribution in [3.63, 3.8) is 0 Å². The molecule has 0 amide bonds. The van der Waals surface area contributed by atoms with Crippen LogP contribution in [-0.2, 0) is 0 Å². The van der Waals surface area contributed by atoms with E-state index in [0.717, 1.165) is 16.9 Å². The standard InChI is InChI=1S/C16H19NO/c1-12(17)13(2)18-16-11-7-6-10-15(16)14-8-4-3-5-9-14/h3-13H,17H2,1-2H3/t12-,13?/m1/s1. The van der Waals surface area contributed by atoms with Gasteiger partial charge in [-0.15, -0.1) is 0 Å². The van der Waals surface area contributed by atoms with E-state index < -0.39 is 0 Å². The highest BCUT2D eigenvalue weighted by atomic mass is 16.5. The van der Waals surface area contributed by atoms with Crippen molar-refractivity contribution < 1.29 is 4.74 Å². The fourth-order valence-electron chi connectivity index (χ4n) is 1.73. The molecular weight excluding hydrogens is 222 g/mol. The van der Waals surface area contributed by atoms with Gasteiger partial charge >= 0.3 is 0 Å². The van der Waals surface area contributed by atoms with Gasteiger partial charge < -0.3 is 10.5 Å². The second kappa shape index (κ2) is 5.69. The Hall–Kier alpha value is -1.80. The van der Waals surface area contributed by atoms with E-state index >= 15 is 0 Å². The number of ether oxygens (including phenoxy) is 1. The van der Waals surface area contributed by atoms with Gasteiger partial charge in [-0.1, -0.05) is 48.5 Å². The summed E-state index contributed by atoms with van der Waals surface area (Å²) in [7, 11) is 0. The Morgan fingerprint density at radius 2 is 1.50 bits per heavy atom. The minimum Gasteiger partial charge on any atom is -0.488 e. The summed E-state index contributed by atoms with van der Waals surface area (Å²) in [5, 5.41) is 0. The van der Waals surface area contributed by atoms with Crippen molar-refractivity contribution in [3.05, 3.63) is 54.6 Å². The van der Waals surface area contributed by atoms with Gasteiger partial charge in [0.2, 0.25) is 0 Å². The Labute approximate surface area is 108 Å². The summed E-state index contributed by atoms with van der Waals surface area (Å²) in [5.74, 6) is 0.883. The molecule has 0 saturated carbocycles. The molecule has 2 rings (SSSR count). The van der Waals surface area contributed by atoms with Crippen LogP contribution >= 0.6 is 0 Å². The van der Waals surface area contributed by atoms with Crippen LogP contribution in [0, 0.1) is 0 Å². The molecule has 0 bridgehead atoms. The molecular formula is C16H19NO. The van der Waals surface area contributed by atoms with Crippen molar-refractivity contribution in [2.45, 2.75) is 26.0 Å². The fraction of sp³-hybridized carbons (Fsp3) is 0.250. The van der Waals surface area contributed by atoms with E-state index in [0.29, 0.717) is 0 Å². The zero-order valence-electron chi connectivity index (χ0n) is 10.8. The highest BCUT2D eigenvalue weighted by Gasteiger charge is 2.12. The van der Waals surface area contributed by atoms with Crippen molar-refractivity contribution in [2.75, 3.05) is 0 Å². The van der Waals surface area contributed by atoms with Crippen LogP contribution < -0.4 is 10.5 Å².